The number of fused-ring (bicyclic) bond motifs is 2. The number of pyridine rings is 1. The molecule has 0 saturated carbocycles. The lowest BCUT2D eigenvalue weighted by Crippen LogP contribution is -2.32. The first-order chi connectivity index (χ1) is 10.1. The molecule has 110 valence electrons. The van der Waals surface area contributed by atoms with Crippen molar-refractivity contribution in [3.63, 3.8) is 0 Å². The lowest BCUT2D eigenvalue weighted by atomic mass is 9.70. The summed E-state index contributed by atoms with van der Waals surface area (Å²) in [5.41, 5.74) is 3.59. The van der Waals surface area contributed by atoms with Gasteiger partial charge in [0.15, 0.2) is 0 Å². The van der Waals surface area contributed by atoms with Gasteiger partial charge in [0.05, 0.1) is 0 Å². The zero-order valence-electron chi connectivity index (χ0n) is 12.3. The molecule has 0 bridgehead atoms. The Morgan fingerprint density at radius 3 is 2.81 bits per heavy atom. The van der Waals surface area contributed by atoms with Crippen LogP contribution in [-0.4, -0.2) is 4.98 Å². The van der Waals surface area contributed by atoms with Crippen LogP contribution < -0.4 is 10.9 Å². The van der Waals surface area contributed by atoms with Crippen molar-refractivity contribution in [1.29, 1.82) is 0 Å². The lowest BCUT2D eigenvalue weighted by molar-refractivity contribution is 0.491. The van der Waals surface area contributed by atoms with Gasteiger partial charge in [-0.25, -0.2) is 0 Å². The minimum Gasteiger partial charge on any atom is -0.351 e. The topological polar surface area (TPSA) is 44.9 Å². The van der Waals surface area contributed by atoms with Crippen LogP contribution in [0.25, 0.3) is 0 Å². The number of H-pyrrole nitrogens is 1. The van der Waals surface area contributed by atoms with Crippen LogP contribution >= 0.6 is 11.6 Å². The van der Waals surface area contributed by atoms with Crippen LogP contribution in [0.3, 0.4) is 0 Å². The molecule has 0 radical (unpaired) electrons. The summed E-state index contributed by atoms with van der Waals surface area (Å²) in [6, 6.07) is 7.83. The fourth-order valence-corrected chi connectivity index (χ4v) is 3.40. The van der Waals surface area contributed by atoms with Crippen LogP contribution in [0.15, 0.2) is 35.3 Å². The molecule has 1 aliphatic heterocycles. The molecule has 0 spiro atoms. The Hall–Kier alpha value is -1.74. The van der Waals surface area contributed by atoms with Gasteiger partial charge in [0.25, 0.3) is 5.56 Å². The van der Waals surface area contributed by atoms with Crippen molar-refractivity contribution in [2.45, 2.75) is 38.5 Å². The number of hydrogen-bond donors (Lipinski definition) is 2. The van der Waals surface area contributed by atoms with E-state index >= 15 is 0 Å². The summed E-state index contributed by atoms with van der Waals surface area (Å²) >= 11 is 6.20. The van der Waals surface area contributed by atoms with Crippen molar-refractivity contribution in [2.75, 3.05) is 5.32 Å². The van der Waals surface area contributed by atoms with Crippen LogP contribution in [0.1, 0.15) is 44.2 Å². The van der Waals surface area contributed by atoms with Gasteiger partial charge in [-0.3, -0.25) is 4.79 Å². The molecule has 3 nitrogen and oxygen atoms in total. The molecule has 4 heteroatoms. The molecule has 0 amide bonds. The third kappa shape index (κ3) is 2.26. The number of unbranched alkanes of at least 4 members (excludes halogenated alkanes) is 1. The lowest BCUT2D eigenvalue weighted by Gasteiger charge is -2.38. The van der Waals surface area contributed by atoms with E-state index in [2.05, 4.69) is 24.1 Å². The molecule has 1 aromatic heterocycles. The fourth-order valence-electron chi connectivity index (χ4n) is 3.22. The van der Waals surface area contributed by atoms with E-state index in [-0.39, 0.29) is 11.0 Å². The number of anilines is 2. The fraction of sp³-hybridized carbons (Fsp3) is 0.353. The zero-order valence-corrected chi connectivity index (χ0v) is 13.1. The van der Waals surface area contributed by atoms with Gasteiger partial charge < -0.3 is 10.3 Å². The normalized spacial score (nSPS) is 19.6. The molecule has 0 fully saturated rings. The third-order valence-electron chi connectivity index (χ3n) is 4.42. The zero-order chi connectivity index (χ0) is 15.0. The Morgan fingerprint density at radius 1 is 1.24 bits per heavy atom. The molecule has 2 aromatic rings. The van der Waals surface area contributed by atoms with Crippen LogP contribution in [0.2, 0.25) is 5.02 Å². The highest BCUT2D eigenvalue weighted by Crippen LogP contribution is 2.47. The first kappa shape index (κ1) is 14.2. The van der Waals surface area contributed by atoms with E-state index in [9.17, 15) is 4.79 Å². The van der Waals surface area contributed by atoms with E-state index in [1.54, 1.807) is 6.20 Å². The molecule has 3 rings (SSSR count). The van der Waals surface area contributed by atoms with Gasteiger partial charge in [0.2, 0.25) is 0 Å². The summed E-state index contributed by atoms with van der Waals surface area (Å²) in [5.74, 6) is 0. The molecule has 1 aliphatic rings. The molecule has 1 atom stereocenters. The number of aromatic amines is 1. The van der Waals surface area contributed by atoms with Crippen LogP contribution in [0.5, 0.6) is 0 Å². The van der Waals surface area contributed by atoms with Crippen molar-refractivity contribution in [2.24, 2.45) is 0 Å². The summed E-state index contributed by atoms with van der Waals surface area (Å²) in [7, 11) is 0. The molecule has 0 saturated heterocycles. The van der Waals surface area contributed by atoms with Crippen LogP contribution in [0, 0.1) is 0 Å². The van der Waals surface area contributed by atoms with Gasteiger partial charge in [-0.15, -0.1) is 0 Å². The average Bonchev–Trinajstić information content (AvgIpc) is 2.48. The molecule has 1 aromatic carbocycles. The van der Waals surface area contributed by atoms with Gasteiger partial charge in [-0.2, -0.15) is 0 Å². The Labute approximate surface area is 129 Å². The highest BCUT2D eigenvalue weighted by Gasteiger charge is 2.37. The maximum Gasteiger partial charge on any atom is 0.271 e. The maximum atomic E-state index is 12.2. The number of halogens is 1. The summed E-state index contributed by atoms with van der Waals surface area (Å²) < 4.78 is 0. The predicted molar refractivity (Wildman–Crippen MR) is 87.8 cm³/mol. The number of nitrogens with one attached hydrogen (secondary N) is 2. The summed E-state index contributed by atoms with van der Waals surface area (Å²) in [6.07, 6.45) is 4.95. The predicted octanol–water partition coefficient (Wildman–Crippen LogP) is 4.58. The first-order valence-electron chi connectivity index (χ1n) is 7.35. The van der Waals surface area contributed by atoms with Gasteiger partial charge in [-0.1, -0.05) is 38.3 Å². The Bertz CT molecular complexity index is 738. The van der Waals surface area contributed by atoms with Crippen LogP contribution in [0.4, 0.5) is 11.4 Å². The van der Waals surface area contributed by atoms with Crippen molar-refractivity contribution in [1.82, 2.24) is 4.98 Å². The second kappa shape index (κ2) is 5.23. The largest absolute Gasteiger partial charge is 0.351 e. The van der Waals surface area contributed by atoms with Crippen molar-refractivity contribution < 1.29 is 0 Å². The molecule has 2 heterocycles. The van der Waals surface area contributed by atoms with Crippen molar-refractivity contribution in [3.05, 3.63) is 57.0 Å². The number of hydrogen-bond acceptors (Lipinski definition) is 2. The average molecular weight is 303 g/mol. The smallest absolute Gasteiger partial charge is 0.271 e. The number of aromatic nitrogens is 1. The van der Waals surface area contributed by atoms with Crippen molar-refractivity contribution in [3.8, 4) is 0 Å². The summed E-state index contributed by atoms with van der Waals surface area (Å²) in [4.78, 5) is 14.9. The van der Waals surface area contributed by atoms with E-state index < -0.39 is 0 Å². The Morgan fingerprint density at radius 2 is 2.05 bits per heavy atom. The standard InChI is InChI=1S/C17H19ClN2O/c1-3-4-8-17(2)12-7-9-19-16(21)15(12)20-14-6-5-11(18)10-13(14)17/h5-7,9-10,20H,3-4,8H2,1-2H3,(H,19,21). The molecule has 2 N–H and O–H groups in total. The molecule has 21 heavy (non-hydrogen) atoms. The Balaban J connectivity index is 2.25. The van der Waals surface area contributed by atoms with E-state index in [1.807, 2.05) is 24.3 Å². The quantitative estimate of drug-likeness (QED) is 0.871. The second-order valence-corrected chi connectivity index (χ2v) is 6.28. The van der Waals surface area contributed by atoms with Crippen LogP contribution in [-0.2, 0) is 5.41 Å². The van der Waals surface area contributed by atoms with Gasteiger partial charge in [0.1, 0.15) is 5.69 Å². The molecule has 0 aliphatic carbocycles. The molecular formula is C17H19ClN2O. The minimum absolute atomic E-state index is 0.0733. The highest BCUT2D eigenvalue weighted by atomic mass is 35.5. The van der Waals surface area contributed by atoms with Gasteiger partial charge in [-0.05, 0) is 41.8 Å². The minimum atomic E-state index is -0.189. The van der Waals surface area contributed by atoms with Gasteiger partial charge >= 0.3 is 0 Å². The number of benzene rings is 1. The van der Waals surface area contributed by atoms with E-state index in [0.717, 1.165) is 35.5 Å². The maximum absolute atomic E-state index is 12.2. The number of rotatable bonds is 3. The molecular weight excluding hydrogens is 284 g/mol. The van der Waals surface area contributed by atoms with Crippen molar-refractivity contribution >= 4 is 23.0 Å². The summed E-state index contributed by atoms with van der Waals surface area (Å²) in [5, 5.41) is 3.99. The highest BCUT2D eigenvalue weighted by molar-refractivity contribution is 6.30. The summed E-state index contributed by atoms with van der Waals surface area (Å²) in [6.45, 7) is 4.39. The van der Waals surface area contributed by atoms with Gasteiger partial charge in [0, 0.05) is 22.3 Å². The Kier molecular flexibility index (Phi) is 3.54. The van der Waals surface area contributed by atoms with E-state index in [0.29, 0.717) is 5.69 Å². The monoisotopic (exact) mass is 302 g/mol. The molecule has 1 unspecified atom stereocenters. The second-order valence-electron chi connectivity index (χ2n) is 5.85. The van der Waals surface area contributed by atoms with E-state index in [4.69, 9.17) is 11.6 Å². The third-order valence-corrected chi connectivity index (χ3v) is 4.66. The first-order valence-corrected chi connectivity index (χ1v) is 7.73. The SMILES string of the molecule is CCCCC1(C)c2cc(Cl)ccc2Nc2c1cc[nH]c2=O. The van der Waals surface area contributed by atoms with E-state index in [1.165, 1.54) is 5.56 Å².